The monoisotopic (exact) mass is 364 g/mol. The standard InChI is InChI=1S/C14H9BrF4O2/c15-10-5-9(6-11(16)7-10)8-20-12-1-3-13(4-2-12)21-14(17,18)19/h1-7H,8H2. The Hall–Kier alpha value is -1.76. The molecule has 0 amide bonds. The van der Waals surface area contributed by atoms with E-state index in [9.17, 15) is 17.6 Å². The average Bonchev–Trinajstić information content (AvgIpc) is 2.35. The summed E-state index contributed by atoms with van der Waals surface area (Å²) in [7, 11) is 0. The van der Waals surface area contributed by atoms with Crippen molar-refractivity contribution in [2.24, 2.45) is 0 Å². The predicted octanol–water partition coefficient (Wildman–Crippen LogP) is 5.07. The van der Waals surface area contributed by atoms with Crippen molar-refractivity contribution in [2.45, 2.75) is 13.0 Å². The predicted molar refractivity (Wildman–Crippen MR) is 71.6 cm³/mol. The maximum Gasteiger partial charge on any atom is 0.573 e. The van der Waals surface area contributed by atoms with Crippen LogP contribution in [0.15, 0.2) is 46.9 Å². The molecule has 7 heteroatoms. The van der Waals surface area contributed by atoms with E-state index in [-0.39, 0.29) is 12.4 Å². The largest absolute Gasteiger partial charge is 0.573 e. The van der Waals surface area contributed by atoms with Crippen molar-refractivity contribution < 1.29 is 27.0 Å². The molecule has 2 aromatic carbocycles. The molecule has 0 N–H and O–H groups in total. The highest BCUT2D eigenvalue weighted by molar-refractivity contribution is 9.10. The average molecular weight is 365 g/mol. The quantitative estimate of drug-likeness (QED) is 0.705. The molecule has 0 aromatic heterocycles. The molecule has 0 radical (unpaired) electrons. The summed E-state index contributed by atoms with van der Waals surface area (Å²) in [5, 5.41) is 0. The fourth-order valence-corrected chi connectivity index (χ4v) is 2.11. The van der Waals surface area contributed by atoms with E-state index in [1.54, 1.807) is 6.07 Å². The van der Waals surface area contributed by atoms with E-state index in [0.717, 1.165) is 12.1 Å². The minimum absolute atomic E-state index is 0.0931. The molecule has 2 aromatic rings. The first kappa shape index (κ1) is 15.6. The van der Waals surface area contributed by atoms with Crippen LogP contribution in [0.1, 0.15) is 5.56 Å². The van der Waals surface area contributed by atoms with E-state index in [0.29, 0.717) is 15.8 Å². The van der Waals surface area contributed by atoms with Crippen molar-refractivity contribution >= 4 is 15.9 Å². The molecule has 2 nitrogen and oxygen atoms in total. The molecule has 112 valence electrons. The Labute approximate surface area is 126 Å². The Morgan fingerprint density at radius 2 is 1.57 bits per heavy atom. The summed E-state index contributed by atoms with van der Waals surface area (Å²) in [5.74, 6) is -0.384. The van der Waals surface area contributed by atoms with Crippen LogP contribution in [0.5, 0.6) is 11.5 Å². The van der Waals surface area contributed by atoms with E-state index in [1.807, 2.05) is 0 Å². The zero-order valence-electron chi connectivity index (χ0n) is 10.5. The number of rotatable bonds is 4. The van der Waals surface area contributed by atoms with Gasteiger partial charge in [-0.3, -0.25) is 0 Å². The van der Waals surface area contributed by atoms with Gasteiger partial charge in [0.2, 0.25) is 0 Å². The minimum atomic E-state index is -4.73. The molecule has 0 unspecified atom stereocenters. The molecule has 0 saturated carbocycles. The van der Waals surface area contributed by atoms with Crippen molar-refractivity contribution in [3.63, 3.8) is 0 Å². The highest BCUT2D eigenvalue weighted by atomic mass is 79.9. The van der Waals surface area contributed by atoms with Crippen LogP contribution in [-0.4, -0.2) is 6.36 Å². The summed E-state index contributed by atoms with van der Waals surface area (Å²) < 4.78 is 58.8. The van der Waals surface area contributed by atoms with Crippen LogP contribution in [0, 0.1) is 5.82 Å². The second-order valence-corrected chi connectivity index (χ2v) is 5.00. The number of hydrogen-bond donors (Lipinski definition) is 0. The zero-order valence-corrected chi connectivity index (χ0v) is 12.0. The summed E-state index contributed by atoms with van der Waals surface area (Å²) >= 11 is 3.16. The Morgan fingerprint density at radius 1 is 0.952 bits per heavy atom. The third-order valence-electron chi connectivity index (χ3n) is 2.39. The fraction of sp³-hybridized carbons (Fsp3) is 0.143. The van der Waals surface area contributed by atoms with E-state index >= 15 is 0 Å². The lowest BCUT2D eigenvalue weighted by atomic mass is 10.2. The second-order valence-electron chi connectivity index (χ2n) is 4.09. The topological polar surface area (TPSA) is 18.5 Å². The maximum absolute atomic E-state index is 13.2. The zero-order chi connectivity index (χ0) is 15.5. The molecular weight excluding hydrogens is 356 g/mol. The minimum Gasteiger partial charge on any atom is -0.489 e. The van der Waals surface area contributed by atoms with Gasteiger partial charge in [0.15, 0.2) is 0 Å². The Bertz CT molecular complexity index is 591. The third kappa shape index (κ3) is 5.26. The van der Waals surface area contributed by atoms with Crippen LogP contribution in [0.4, 0.5) is 17.6 Å². The molecule has 0 aliphatic heterocycles. The third-order valence-corrected chi connectivity index (χ3v) is 2.84. The van der Waals surface area contributed by atoms with Gasteiger partial charge < -0.3 is 9.47 Å². The summed E-state index contributed by atoms with van der Waals surface area (Å²) in [4.78, 5) is 0. The molecular formula is C14H9BrF4O2. The second kappa shape index (κ2) is 6.34. The summed E-state index contributed by atoms with van der Waals surface area (Å²) in [6.45, 7) is 0.0931. The number of alkyl halides is 3. The van der Waals surface area contributed by atoms with E-state index in [2.05, 4.69) is 20.7 Å². The van der Waals surface area contributed by atoms with Crippen LogP contribution in [0.25, 0.3) is 0 Å². The first-order chi connectivity index (χ1) is 9.82. The lowest BCUT2D eigenvalue weighted by molar-refractivity contribution is -0.274. The van der Waals surface area contributed by atoms with Crippen molar-refractivity contribution in [2.75, 3.05) is 0 Å². The molecule has 0 aliphatic carbocycles. The SMILES string of the molecule is Fc1cc(Br)cc(COc2ccc(OC(F)(F)F)cc2)c1. The van der Waals surface area contributed by atoms with E-state index in [4.69, 9.17) is 4.74 Å². The molecule has 21 heavy (non-hydrogen) atoms. The van der Waals surface area contributed by atoms with Crippen molar-refractivity contribution in [1.82, 2.24) is 0 Å². The van der Waals surface area contributed by atoms with E-state index < -0.39 is 12.2 Å². The van der Waals surface area contributed by atoms with E-state index in [1.165, 1.54) is 24.3 Å². The van der Waals surface area contributed by atoms with Gasteiger partial charge in [0.25, 0.3) is 0 Å². The van der Waals surface area contributed by atoms with Gasteiger partial charge in [0.05, 0.1) is 0 Å². The lowest BCUT2D eigenvalue weighted by Crippen LogP contribution is -2.16. The van der Waals surface area contributed by atoms with Gasteiger partial charge in [0, 0.05) is 4.47 Å². The van der Waals surface area contributed by atoms with Crippen LogP contribution >= 0.6 is 15.9 Å². The van der Waals surface area contributed by atoms with Gasteiger partial charge in [-0.05, 0) is 48.0 Å². The molecule has 2 rings (SSSR count). The summed E-state index contributed by atoms with van der Waals surface area (Å²) in [6, 6.07) is 9.28. The Kier molecular flexibility index (Phi) is 4.72. The molecule has 0 saturated heterocycles. The highest BCUT2D eigenvalue weighted by Gasteiger charge is 2.30. The van der Waals surface area contributed by atoms with Crippen LogP contribution in [0.2, 0.25) is 0 Å². The van der Waals surface area contributed by atoms with Gasteiger partial charge in [-0.2, -0.15) is 0 Å². The molecule has 0 aliphatic rings. The normalized spacial score (nSPS) is 11.3. The summed E-state index contributed by atoms with van der Waals surface area (Å²) in [5.41, 5.74) is 0.595. The Balaban J connectivity index is 1.97. The molecule has 0 heterocycles. The van der Waals surface area contributed by atoms with Crippen LogP contribution < -0.4 is 9.47 Å². The Morgan fingerprint density at radius 3 is 2.14 bits per heavy atom. The van der Waals surface area contributed by atoms with Crippen LogP contribution in [0.3, 0.4) is 0 Å². The van der Waals surface area contributed by atoms with Gasteiger partial charge >= 0.3 is 6.36 Å². The van der Waals surface area contributed by atoms with Gasteiger partial charge in [-0.25, -0.2) is 4.39 Å². The number of ether oxygens (including phenoxy) is 2. The molecule has 0 spiro atoms. The van der Waals surface area contributed by atoms with Gasteiger partial charge in [0.1, 0.15) is 23.9 Å². The summed E-state index contributed by atoms with van der Waals surface area (Å²) in [6.07, 6.45) is -4.73. The van der Waals surface area contributed by atoms with Gasteiger partial charge in [-0.1, -0.05) is 15.9 Å². The van der Waals surface area contributed by atoms with Crippen molar-refractivity contribution in [1.29, 1.82) is 0 Å². The van der Waals surface area contributed by atoms with Crippen molar-refractivity contribution in [3.8, 4) is 11.5 Å². The lowest BCUT2D eigenvalue weighted by Gasteiger charge is -2.10. The fourth-order valence-electron chi connectivity index (χ4n) is 1.60. The molecule has 0 fully saturated rings. The highest BCUT2D eigenvalue weighted by Crippen LogP contribution is 2.25. The smallest absolute Gasteiger partial charge is 0.489 e. The van der Waals surface area contributed by atoms with Gasteiger partial charge in [-0.15, -0.1) is 13.2 Å². The molecule has 0 atom stereocenters. The first-order valence-electron chi connectivity index (χ1n) is 5.75. The number of hydrogen-bond acceptors (Lipinski definition) is 2. The molecule has 0 bridgehead atoms. The maximum atomic E-state index is 13.2. The van der Waals surface area contributed by atoms with Crippen molar-refractivity contribution in [3.05, 3.63) is 58.3 Å². The number of benzene rings is 2. The number of halogens is 5. The first-order valence-corrected chi connectivity index (χ1v) is 6.55. The van der Waals surface area contributed by atoms with Crippen LogP contribution in [-0.2, 0) is 6.61 Å².